The number of nitrogens with zero attached hydrogens (tertiary/aromatic N) is 3. The number of rotatable bonds is 19. The van der Waals surface area contributed by atoms with Crippen LogP contribution in [0.3, 0.4) is 0 Å². The van der Waals surface area contributed by atoms with E-state index in [0.717, 1.165) is 39.0 Å². The number of carbonyl (C=O) groups excluding carboxylic acids is 3. The summed E-state index contributed by atoms with van der Waals surface area (Å²) >= 11 is 0. The molecule has 5 bridgehead atoms. The van der Waals surface area contributed by atoms with Crippen molar-refractivity contribution >= 4 is 40.3 Å². The number of aromatic hydroxyl groups is 3. The highest BCUT2D eigenvalue weighted by molar-refractivity contribution is 6.24. The first-order chi connectivity index (χ1) is 50.0. The highest BCUT2D eigenvalue weighted by Gasteiger charge is 2.53. The molecule has 0 spiro atoms. The average molecular weight is 1510 g/mol. The summed E-state index contributed by atoms with van der Waals surface area (Å²) < 4.78 is 45.8. The van der Waals surface area contributed by atoms with Gasteiger partial charge in [0.05, 0.1) is 78.9 Å². The maximum atomic E-state index is 14.4. The lowest BCUT2D eigenvalue weighted by Gasteiger charge is -2.48. The Balaban J connectivity index is 0.000000311. The first-order valence-electron chi connectivity index (χ1n) is 36.0. The van der Waals surface area contributed by atoms with Gasteiger partial charge in [0.1, 0.15) is 84.4 Å². The summed E-state index contributed by atoms with van der Waals surface area (Å²) in [5.41, 5.74) is 23.2. The van der Waals surface area contributed by atoms with Gasteiger partial charge in [0, 0.05) is 131 Å². The van der Waals surface area contributed by atoms with Gasteiger partial charge in [-0.1, -0.05) is 59.8 Å². The lowest BCUT2D eigenvalue weighted by atomic mass is 9.78. The fourth-order valence-electron chi connectivity index (χ4n) is 13.6. The Morgan fingerprint density at radius 3 is 1.85 bits per heavy atom. The van der Waals surface area contributed by atoms with Gasteiger partial charge in [0.2, 0.25) is 0 Å². The largest absolute Gasteiger partial charge is 0.507 e. The van der Waals surface area contributed by atoms with Gasteiger partial charge in [-0.05, 0) is 46.2 Å². The standard InChI is InChI=1S/C43H58N4O12.C18H36N4O11.C10H24N2O2/c1-21-12-11-13-22(2)42(55)45-33-28(20-44-47-17-15-46(9)16-18-47)37(52)30-31(38(33)53)36(51)26(6)40-32(30)41(54)43(8,59-40)57-19-14-29(56-10)23(3)39(58-27(7)48)25(5)35(50)24(4)34(21)49;19-2-6-10(25)12(27)13(28)18(30-6)33-16-5(21)1-4(20)15(14(16)29)32-17-11(26)8(22)9(24)7(3-23)31-17;1-3-9(7-13)11-5-6-12-10(4-2)8-14/h11-14,19-21,23-25,29,34-35,39,49-53H,15-18H2,1-10H3,(H,45,55);4-18,23-29H,1-3,19-22H2;9-14H,3-8H2,1-2H3/b12-11+,19-14+,22-13-,44-20-;;/t21-,23+,24+,25+,29-,34-,35+,39+,43-;4-,5+,6-,7-,8+,9-,10-,11-,12+,13-,14-,15+,16-,17-,18-;9-,10-/m010/s1. The van der Waals surface area contributed by atoms with Crippen LogP contribution in [-0.4, -0.2) is 319 Å². The van der Waals surface area contributed by atoms with E-state index in [1.54, 1.807) is 44.9 Å². The van der Waals surface area contributed by atoms with E-state index < -0.39 is 187 Å². The Morgan fingerprint density at radius 2 is 1.31 bits per heavy atom. The number of piperazine rings is 1. The monoisotopic (exact) mass is 1510 g/mol. The summed E-state index contributed by atoms with van der Waals surface area (Å²) in [6.07, 6.45) is -9.72. The minimum atomic E-state index is -2.04. The van der Waals surface area contributed by atoms with Crippen LogP contribution in [0.5, 0.6) is 23.0 Å². The molecule has 0 radical (unpaired) electrons. The molecule has 1 saturated carbocycles. The lowest BCUT2D eigenvalue weighted by molar-refractivity contribution is -0.332. The first-order valence-corrected chi connectivity index (χ1v) is 36.0. The molecule has 0 aromatic heterocycles. The third kappa shape index (κ3) is 20.9. The molecule has 602 valence electrons. The summed E-state index contributed by atoms with van der Waals surface area (Å²) in [5, 5.41) is 162. The number of nitrogens with two attached hydrogens (primary N) is 4. The summed E-state index contributed by atoms with van der Waals surface area (Å²) in [7, 11) is 3.42. The van der Waals surface area contributed by atoms with E-state index in [0.29, 0.717) is 13.1 Å². The third-order valence-electron chi connectivity index (χ3n) is 20.8. The van der Waals surface area contributed by atoms with E-state index in [9.17, 15) is 75.7 Å². The molecule has 26 atom stereocenters. The highest BCUT2D eigenvalue weighted by Crippen LogP contribution is 2.55. The second-order valence-electron chi connectivity index (χ2n) is 28.4. The zero-order valence-corrected chi connectivity index (χ0v) is 62.5. The lowest BCUT2D eigenvalue weighted by Crippen LogP contribution is -2.68. The molecule has 6 aliphatic heterocycles. The number of fused-ring (bicyclic) bond motifs is 14. The van der Waals surface area contributed by atoms with Gasteiger partial charge in [-0.3, -0.25) is 19.4 Å². The van der Waals surface area contributed by atoms with E-state index in [-0.39, 0.29) is 82.7 Å². The molecule has 1 amide bonds. The van der Waals surface area contributed by atoms with Crippen LogP contribution in [0.15, 0.2) is 41.2 Å². The van der Waals surface area contributed by atoms with Gasteiger partial charge in [-0.25, -0.2) is 0 Å². The molecule has 35 heteroatoms. The molecular weight excluding hydrogens is 1390 g/mol. The number of allylic oxidation sites excluding steroid dienone is 2. The quantitative estimate of drug-likeness (QED) is 0.0216. The van der Waals surface area contributed by atoms with Crippen molar-refractivity contribution in [3.8, 4) is 23.0 Å². The van der Waals surface area contributed by atoms with E-state index >= 15 is 0 Å². The number of phenols is 3. The molecule has 7 aliphatic rings. The van der Waals surface area contributed by atoms with Gasteiger partial charge in [-0.15, -0.1) is 0 Å². The van der Waals surface area contributed by atoms with Crippen molar-refractivity contribution in [3.63, 3.8) is 0 Å². The maximum absolute atomic E-state index is 14.4. The van der Waals surface area contributed by atoms with Crippen LogP contribution >= 0.6 is 0 Å². The van der Waals surface area contributed by atoms with Crippen LogP contribution in [0.4, 0.5) is 5.69 Å². The van der Waals surface area contributed by atoms with Gasteiger partial charge in [-0.2, -0.15) is 5.10 Å². The Hall–Kier alpha value is -5.92. The number of nitrogens with one attached hydrogen (secondary N) is 3. The number of aliphatic hydroxyl groups excluding tert-OH is 11. The number of amides is 1. The summed E-state index contributed by atoms with van der Waals surface area (Å²) in [6.45, 7) is 20.5. The zero-order valence-electron chi connectivity index (χ0n) is 62.5. The maximum Gasteiger partial charge on any atom is 0.312 e. The second-order valence-corrected chi connectivity index (χ2v) is 28.4. The number of hydrogen-bond donors (Lipinski definition) is 21. The summed E-state index contributed by atoms with van der Waals surface area (Å²) in [4.78, 5) is 42.6. The van der Waals surface area contributed by atoms with E-state index in [4.69, 9.17) is 71.0 Å². The average Bonchev–Trinajstić information content (AvgIpc) is 1.75. The Labute approximate surface area is 617 Å². The number of Topliss-reactive ketones (excluding diaryl/α,β-unsaturated/α-hetero) is 1. The second kappa shape index (κ2) is 40.1. The molecular formula is C71H118N10O25. The predicted molar refractivity (Wildman–Crippen MR) is 387 cm³/mol. The molecule has 0 unspecified atom stereocenters. The number of benzene rings is 2. The van der Waals surface area contributed by atoms with Crippen molar-refractivity contribution in [1.82, 2.24) is 20.5 Å². The van der Waals surface area contributed by atoms with Crippen LogP contribution in [0.25, 0.3) is 10.8 Å². The van der Waals surface area contributed by atoms with Crippen molar-refractivity contribution in [2.24, 2.45) is 51.7 Å². The third-order valence-corrected chi connectivity index (χ3v) is 20.8. The number of phenolic OH excluding ortho intramolecular Hbond substituents is 3. The van der Waals surface area contributed by atoms with Crippen LogP contribution in [-0.2, 0) is 42.7 Å². The number of anilines is 1. The van der Waals surface area contributed by atoms with Gasteiger partial charge < -0.3 is 153 Å². The number of likely N-dealkylation sites (N-methyl/N-ethyl adjacent to an activating group) is 1. The smallest absolute Gasteiger partial charge is 0.312 e. The number of hydrazone groups is 1. The number of aliphatic hydroxyl groups is 11. The highest BCUT2D eigenvalue weighted by atomic mass is 16.7. The van der Waals surface area contributed by atoms with Gasteiger partial charge >= 0.3 is 11.8 Å². The van der Waals surface area contributed by atoms with Crippen LogP contribution in [0.1, 0.15) is 103 Å². The molecule has 25 N–H and O–H groups in total. The molecule has 2 aromatic carbocycles. The summed E-state index contributed by atoms with van der Waals surface area (Å²) in [5.74, 6) is -8.34. The fourth-order valence-corrected chi connectivity index (χ4v) is 13.6. The Bertz CT molecular complexity index is 3240. The molecule has 9 rings (SSSR count). The number of ether oxygens (including phenoxy) is 8. The molecule has 1 aliphatic carbocycles. The van der Waals surface area contributed by atoms with Crippen LogP contribution < -0.4 is 43.6 Å². The first kappa shape index (κ1) is 89.0. The minimum absolute atomic E-state index is 0.0559. The normalized spacial score (nSPS) is 36.6. The molecule has 4 fully saturated rings. The number of ketones is 1. The fraction of sp³-hybridized carbons (Fsp3) is 0.718. The molecule has 6 heterocycles. The SMILES string of the molecule is CC[C@@H](CO)NCCN[C@@H](CC)CO.CO[C@H]1/C=C/O[C@@]2(C)Oc3c(C)c(O)c4c(O)c(c(/C=N\N5CCN(C)CC5)c(O)c4c3C2=O)NC(=O)/C(C)=C\C=C\[C@H](C)[C@H](O)[C@@H](C)[C@@H](O)[C@@H](C)[C@H](OC(C)=O)[C@@H]1C.NC[C@H]1O[C@H](O[C@H]2[C@H](O)[C@@H](O[C@H]3O[C@H](CO)[C@@H](O)[C@H](N)[C@H]3O)[C@H](N)C[C@@H]2N)[C@H](O)[C@@H](O)[C@@H]1O. The Kier molecular flexibility index (Phi) is 33.7. The summed E-state index contributed by atoms with van der Waals surface area (Å²) in [6, 6.07) is -2.46. The Morgan fingerprint density at radius 1 is 0.736 bits per heavy atom. The number of carbonyl (C=O) groups is 3. The van der Waals surface area contributed by atoms with E-state index in [2.05, 4.69) is 26.0 Å². The number of esters is 1. The van der Waals surface area contributed by atoms with Crippen molar-refractivity contribution in [2.45, 2.75) is 223 Å². The topological polar surface area (TPSA) is 567 Å². The molecule has 2 aromatic rings. The van der Waals surface area contributed by atoms with Crippen molar-refractivity contribution in [3.05, 3.63) is 52.8 Å². The van der Waals surface area contributed by atoms with Gasteiger partial charge in [0.25, 0.3) is 11.7 Å². The van der Waals surface area contributed by atoms with Crippen molar-refractivity contribution in [2.75, 3.05) is 85.1 Å². The van der Waals surface area contributed by atoms with Crippen LogP contribution in [0, 0.1) is 30.6 Å². The van der Waals surface area contributed by atoms with E-state index in [1.807, 2.05) is 20.9 Å². The number of hydrogen-bond acceptors (Lipinski definition) is 34. The molecule has 35 nitrogen and oxygen atoms in total. The molecule has 3 saturated heterocycles. The van der Waals surface area contributed by atoms with E-state index in [1.165, 1.54) is 59.4 Å². The number of methoxy groups -OCH3 is 1. The zero-order chi connectivity index (χ0) is 79.1. The minimum Gasteiger partial charge on any atom is -0.507 e. The van der Waals surface area contributed by atoms with Gasteiger partial charge in [0.15, 0.2) is 18.3 Å². The van der Waals surface area contributed by atoms with Crippen LogP contribution in [0.2, 0.25) is 0 Å². The van der Waals surface area contributed by atoms with Crippen molar-refractivity contribution in [1.29, 1.82) is 0 Å². The molecule has 106 heavy (non-hydrogen) atoms. The van der Waals surface area contributed by atoms with Crippen molar-refractivity contribution < 1.29 is 124 Å². The predicted octanol–water partition coefficient (Wildman–Crippen LogP) is -3.25.